The summed E-state index contributed by atoms with van der Waals surface area (Å²) in [4.78, 5) is 27.9. The molecule has 0 radical (unpaired) electrons. The fraction of sp³-hybridized carbons (Fsp3) is 0.167. The van der Waals surface area contributed by atoms with Gasteiger partial charge in [-0.2, -0.15) is 10.4 Å². The van der Waals surface area contributed by atoms with Gasteiger partial charge in [0.1, 0.15) is 17.5 Å². The Bertz CT molecular complexity index is 1250. The lowest BCUT2D eigenvalue weighted by Gasteiger charge is -2.21. The lowest BCUT2D eigenvalue weighted by Crippen LogP contribution is -2.33. The number of amides is 2. The zero-order valence-corrected chi connectivity index (χ0v) is 17.5. The van der Waals surface area contributed by atoms with Crippen LogP contribution in [0.4, 0.5) is 11.5 Å². The normalized spacial score (nSPS) is 14.4. The Morgan fingerprint density at radius 2 is 1.77 bits per heavy atom. The maximum Gasteiger partial charge on any atom is 0.268 e. The maximum atomic E-state index is 13.2. The van der Waals surface area contributed by atoms with Crippen molar-refractivity contribution in [3.8, 4) is 11.8 Å². The first kappa shape index (κ1) is 20.1. The van der Waals surface area contributed by atoms with E-state index in [1.54, 1.807) is 27.8 Å². The summed E-state index contributed by atoms with van der Waals surface area (Å²) >= 11 is 0. The minimum absolute atomic E-state index is 0.115. The number of fused-ring (bicyclic) bond motifs is 1. The van der Waals surface area contributed by atoms with Crippen LogP contribution in [-0.2, 0) is 9.59 Å². The second-order valence-electron chi connectivity index (χ2n) is 7.52. The van der Waals surface area contributed by atoms with Gasteiger partial charge in [0.05, 0.1) is 22.6 Å². The minimum atomic E-state index is -0.650. The summed E-state index contributed by atoms with van der Waals surface area (Å²) in [6.45, 7) is 5.60. The zero-order chi connectivity index (χ0) is 22.1. The number of nitrogens with one attached hydrogen (secondary N) is 1. The molecule has 154 valence electrons. The van der Waals surface area contributed by atoms with Crippen LogP contribution in [0, 0.1) is 18.3 Å². The van der Waals surface area contributed by atoms with Crippen molar-refractivity contribution in [2.45, 2.75) is 26.8 Å². The van der Waals surface area contributed by atoms with Crippen molar-refractivity contribution in [2.75, 3.05) is 10.2 Å². The van der Waals surface area contributed by atoms with E-state index in [1.807, 2.05) is 69.3 Å². The molecule has 2 heterocycles. The number of nitrogens with zero attached hydrogens (tertiary/aromatic N) is 4. The highest BCUT2D eigenvalue weighted by atomic mass is 16.2. The standard InChI is InChI=1S/C24H21N5O2/c1-15(2)28-20-12-8-7-11-18(20)22(24(28)31)19(14-25)23(30)26-21-13-16(3)27-29(21)17-9-5-4-6-10-17/h4-13,15H,1-3H3,(H,26,30). The summed E-state index contributed by atoms with van der Waals surface area (Å²) in [5.74, 6) is -0.583. The SMILES string of the molecule is Cc1cc(NC(=O)C(C#N)=C2C(=O)N(C(C)C)c3ccccc32)n(-c2ccccc2)n1. The fourth-order valence-electron chi connectivity index (χ4n) is 3.75. The number of para-hydroxylation sites is 2. The van der Waals surface area contributed by atoms with E-state index in [4.69, 9.17) is 0 Å². The average molecular weight is 411 g/mol. The van der Waals surface area contributed by atoms with Gasteiger partial charge in [-0.05, 0) is 39.0 Å². The average Bonchev–Trinajstić information content (AvgIpc) is 3.26. The van der Waals surface area contributed by atoms with Crippen LogP contribution in [-0.4, -0.2) is 27.6 Å². The number of carbonyl (C=O) groups excluding carboxylic acids is 2. The van der Waals surface area contributed by atoms with Crippen molar-refractivity contribution in [1.29, 1.82) is 5.26 Å². The van der Waals surface area contributed by atoms with E-state index < -0.39 is 5.91 Å². The molecule has 0 unspecified atom stereocenters. The second-order valence-corrected chi connectivity index (χ2v) is 7.52. The summed E-state index contributed by atoms with van der Waals surface area (Å²) in [5.41, 5.74) is 2.65. The Hall–Kier alpha value is -4.18. The van der Waals surface area contributed by atoms with Crippen molar-refractivity contribution >= 4 is 28.9 Å². The molecule has 2 aromatic carbocycles. The van der Waals surface area contributed by atoms with Gasteiger partial charge in [-0.1, -0.05) is 36.4 Å². The third-order valence-electron chi connectivity index (χ3n) is 5.04. The summed E-state index contributed by atoms with van der Waals surface area (Å²) in [6.07, 6.45) is 0. The molecule has 7 nitrogen and oxygen atoms in total. The monoisotopic (exact) mass is 411 g/mol. The molecule has 1 aliphatic heterocycles. The quantitative estimate of drug-likeness (QED) is 0.521. The predicted octanol–water partition coefficient (Wildman–Crippen LogP) is 3.85. The number of hydrogen-bond acceptors (Lipinski definition) is 4. The fourth-order valence-corrected chi connectivity index (χ4v) is 3.75. The van der Waals surface area contributed by atoms with Crippen LogP contribution < -0.4 is 10.2 Å². The second kappa shape index (κ2) is 7.92. The van der Waals surface area contributed by atoms with Crippen LogP contribution in [0.25, 0.3) is 11.3 Å². The van der Waals surface area contributed by atoms with Crippen molar-refractivity contribution in [2.24, 2.45) is 0 Å². The molecule has 1 N–H and O–H groups in total. The topological polar surface area (TPSA) is 91.0 Å². The first-order valence-electron chi connectivity index (χ1n) is 9.93. The lowest BCUT2D eigenvalue weighted by atomic mass is 10.0. The summed E-state index contributed by atoms with van der Waals surface area (Å²) in [5, 5.41) is 17.0. The Morgan fingerprint density at radius 1 is 1.10 bits per heavy atom. The number of nitriles is 1. The van der Waals surface area contributed by atoms with E-state index in [0.717, 1.165) is 5.69 Å². The third kappa shape index (κ3) is 3.49. The molecular weight excluding hydrogens is 390 g/mol. The molecule has 31 heavy (non-hydrogen) atoms. The molecule has 0 aliphatic carbocycles. The summed E-state index contributed by atoms with van der Waals surface area (Å²) in [7, 11) is 0. The molecule has 0 bridgehead atoms. The first-order chi connectivity index (χ1) is 14.9. The largest absolute Gasteiger partial charge is 0.306 e. The molecular formula is C24H21N5O2. The van der Waals surface area contributed by atoms with Gasteiger partial charge in [0.2, 0.25) is 0 Å². The van der Waals surface area contributed by atoms with Crippen molar-refractivity contribution in [3.63, 3.8) is 0 Å². The molecule has 7 heteroatoms. The minimum Gasteiger partial charge on any atom is -0.306 e. The molecule has 0 fully saturated rings. The Morgan fingerprint density at radius 3 is 2.45 bits per heavy atom. The lowest BCUT2D eigenvalue weighted by molar-refractivity contribution is -0.115. The van der Waals surface area contributed by atoms with Gasteiger partial charge in [0, 0.05) is 17.7 Å². The van der Waals surface area contributed by atoms with Crippen LogP contribution in [0.5, 0.6) is 0 Å². The summed E-state index contributed by atoms with van der Waals surface area (Å²) in [6, 6.07) is 20.1. The molecule has 0 saturated heterocycles. The molecule has 4 rings (SSSR count). The highest BCUT2D eigenvalue weighted by Crippen LogP contribution is 2.39. The molecule has 0 atom stereocenters. The Kier molecular flexibility index (Phi) is 5.14. The van der Waals surface area contributed by atoms with Gasteiger partial charge in [-0.3, -0.25) is 9.59 Å². The number of carbonyl (C=O) groups is 2. The van der Waals surface area contributed by atoms with Crippen LogP contribution in [0.3, 0.4) is 0 Å². The Balaban J connectivity index is 1.77. The van der Waals surface area contributed by atoms with Crippen LogP contribution in [0.1, 0.15) is 25.1 Å². The van der Waals surface area contributed by atoms with Crippen LogP contribution in [0.15, 0.2) is 66.2 Å². The third-order valence-corrected chi connectivity index (χ3v) is 5.04. The number of benzene rings is 2. The van der Waals surface area contributed by atoms with E-state index in [1.165, 1.54) is 0 Å². The van der Waals surface area contributed by atoms with Crippen molar-refractivity contribution < 1.29 is 9.59 Å². The van der Waals surface area contributed by atoms with Gasteiger partial charge in [-0.15, -0.1) is 0 Å². The number of hydrogen-bond donors (Lipinski definition) is 1. The number of anilines is 2. The molecule has 1 aliphatic rings. The van der Waals surface area contributed by atoms with Crippen LogP contribution >= 0.6 is 0 Å². The van der Waals surface area contributed by atoms with Gasteiger partial charge in [0.15, 0.2) is 0 Å². The molecule has 0 spiro atoms. The van der Waals surface area contributed by atoms with E-state index in [0.29, 0.717) is 22.8 Å². The van der Waals surface area contributed by atoms with E-state index >= 15 is 0 Å². The number of aryl methyl sites for hydroxylation is 1. The predicted molar refractivity (Wildman–Crippen MR) is 119 cm³/mol. The number of aromatic nitrogens is 2. The maximum absolute atomic E-state index is 13.2. The van der Waals surface area contributed by atoms with E-state index in [9.17, 15) is 14.9 Å². The van der Waals surface area contributed by atoms with Crippen molar-refractivity contribution in [1.82, 2.24) is 9.78 Å². The highest BCUT2D eigenvalue weighted by molar-refractivity contribution is 6.37. The molecule has 3 aromatic rings. The molecule has 1 aromatic heterocycles. The Labute approximate surface area is 180 Å². The van der Waals surface area contributed by atoms with E-state index in [-0.39, 0.29) is 23.1 Å². The smallest absolute Gasteiger partial charge is 0.268 e. The van der Waals surface area contributed by atoms with Crippen LogP contribution in [0.2, 0.25) is 0 Å². The van der Waals surface area contributed by atoms with Gasteiger partial charge in [-0.25, -0.2) is 4.68 Å². The van der Waals surface area contributed by atoms with E-state index in [2.05, 4.69) is 10.4 Å². The molecule has 2 amide bonds. The first-order valence-corrected chi connectivity index (χ1v) is 9.93. The number of rotatable bonds is 4. The highest BCUT2D eigenvalue weighted by Gasteiger charge is 2.37. The molecule has 0 saturated carbocycles. The zero-order valence-electron chi connectivity index (χ0n) is 17.5. The summed E-state index contributed by atoms with van der Waals surface area (Å²) < 4.78 is 1.59. The van der Waals surface area contributed by atoms with Crippen molar-refractivity contribution in [3.05, 3.63) is 77.5 Å². The van der Waals surface area contributed by atoms with Gasteiger partial charge >= 0.3 is 0 Å². The van der Waals surface area contributed by atoms with Gasteiger partial charge in [0.25, 0.3) is 11.8 Å². The van der Waals surface area contributed by atoms with Gasteiger partial charge < -0.3 is 10.2 Å².